The molecule has 1 aliphatic heterocycles. The minimum absolute atomic E-state index is 0.0153. The summed E-state index contributed by atoms with van der Waals surface area (Å²) in [7, 11) is 0. The van der Waals surface area contributed by atoms with E-state index in [9.17, 15) is 23.6 Å². The minimum Gasteiger partial charge on any atom is -0.485 e. The van der Waals surface area contributed by atoms with Crippen LogP contribution in [0.1, 0.15) is 46.7 Å². The number of benzene rings is 2. The number of nitriles is 1. The molecule has 2 aliphatic rings. The lowest BCUT2D eigenvalue weighted by atomic mass is 10.0. The number of halogens is 2. The van der Waals surface area contributed by atoms with Gasteiger partial charge in [0.05, 0.1) is 23.6 Å². The fourth-order valence-corrected chi connectivity index (χ4v) is 5.09. The molecule has 1 aromatic heterocycles. The first-order valence-corrected chi connectivity index (χ1v) is 13.2. The molecule has 3 aromatic rings. The number of nitrogens with two attached hydrogens (primary N) is 1. The number of hydrogen-bond acceptors (Lipinski definition) is 7. The zero-order valence-electron chi connectivity index (χ0n) is 22.4. The van der Waals surface area contributed by atoms with E-state index >= 15 is 0 Å². The lowest BCUT2D eigenvalue weighted by Crippen LogP contribution is -2.38. The molecule has 2 heterocycles. The molecule has 0 bridgehead atoms. The molecular weight excluding hydrogens is 530 g/mol. The van der Waals surface area contributed by atoms with Crippen molar-refractivity contribution in [2.75, 3.05) is 24.2 Å². The van der Waals surface area contributed by atoms with Crippen LogP contribution < -0.4 is 15.8 Å². The molecule has 0 unspecified atom stereocenters. The Morgan fingerprint density at radius 2 is 2.05 bits per heavy atom. The molecule has 0 radical (unpaired) electrons. The second-order valence-electron chi connectivity index (χ2n) is 10.3. The Hall–Kier alpha value is -4.85. The Morgan fingerprint density at radius 3 is 2.73 bits per heavy atom. The van der Waals surface area contributed by atoms with Crippen LogP contribution in [-0.2, 0) is 4.79 Å². The quantitative estimate of drug-likeness (QED) is 0.381. The normalized spacial score (nSPS) is 18.0. The number of hydrogen-bond donors (Lipinski definition) is 2. The first-order chi connectivity index (χ1) is 19.7. The Kier molecular flexibility index (Phi) is 7.66. The van der Waals surface area contributed by atoms with Crippen LogP contribution in [-0.4, -0.2) is 45.9 Å². The van der Waals surface area contributed by atoms with Crippen LogP contribution in [0.4, 0.5) is 20.3 Å². The molecule has 210 valence electrons. The maximum atomic E-state index is 14.9. The van der Waals surface area contributed by atoms with E-state index in [0.29, 0.717) is 17.9 Å². The lowest BCUT2D eigenvalue weighted by Gasteiger charge is -2.24. The Labute approximate surface area is 235 Å². The van der Waals surface area contributed by atoms with Gasteiger partial charge in [-0.1, -0.05) is 12.6 Å². The number of amides is 2. The molecule has 9 nitrogen and oxygen atoms in total. The smallest absolute Gasteiger partial charge is 0.258 e. The lowest BCUT2D eigenvalue weighted by molar-refractivity contribution is -0.127. The Morgan fingerprint density at radius 1 is 1.27 bits per heavy atom. The van der Waals surface area contributed by atoms with Gasteiger partial charge in [-0.3, -0.25) is 9.59 Å². The highest BCUT2D eigenvalue weighted by atomic mass is 19.1. The fraction of sp³-hybridized carbons (Fsp3) is 0.300. The molecule has 2 fully saturated rings. The largest absolute Gasteiger partial charge is 0.485 e. The molecule has 2 amide bonds. The first-order valence-electron chi connectivity index (χ1n) is 13.2. The molecule has 1 saturated carbocycles. The summed E-state index contributed by atoms with van der Waals surface area (Å²) in [6.07, 6.45) is 4.78. The monoisotopic (exact) mass is 558 g/mol. The zero-order valence-corrected chi connectivity index (χ0v) is 22.4. The summed E-state index contributed by atoms with van der Waals surface area (Å²) in [6.45, 7) is 5.40. The number of likely N-dealkylation sites (tertiary alicyclic amines) is 1. The maximum Gasteiger partial charge on any atom is 0.258 e. The molecule has 3 N–H and O–H groups in total. The Bertz CT molecular complexity index is 1580. The number of aromatic nitrogens is 2. The van der Waals surface area contributed by atoms with E-state index < -0.39 is 23.6 Å². The number of ether oxygens (including phenoxy) is 1. The van der Waals surface area contributed by atoms with Gasteiger partial charge in [0.2, 0.25) is 5.91 Å². The summed E-state index contributed by atoms with van der Waals surface area (Å²) in [6, 6.07) is 8.65. The van der Waals surface area contributed by atoms with Gasteiger partial charge < -0.3 is 20.7 Å². The third-order valence-corrected chi connectivity index (χ3v) is 7.47. The molecule has 2 aromatic carbocycles. The van der Waals surface area contributed by atoms with Gasteiger partial charge in [0.15, 0.2) is 11.6 Å². The fourth-order valence-electron chi connectivity index (χ4n) is 5.09. The molecule has 41 heavy (non-hydrogen) atoms. The van der Waals surface area contributed by atoms with Crippen molar-refractivity contribution in [1.29, 1.82) is 5.26 Å². The minimum atomic E-state index is -0.719. The van der Waals surface area contributed by atoms with Gasteiger partial charge in [-0.15, -0.1) is 0 Å². The summed E-state index contributed by atoms with van der Waals surface area (Å²) >= 11 is 0. The van der Waals surface area contributed by atoms with E-state index in [1.807, 2.05) is 0 Å². The zero-order chi connectivity index (χ0) is 29.3. The molecule has 0 spiro atoms. The highest BCUT2D eigenvalue weighted by Crippen LogP contribution is 2.41. The summed E-state index contributed by atoms with van der Waals surface area (Å²) in [5.41, 5.74) is 7.83. The van der Waals surface area contributed by atoms with Crippen molar-refractivity contribution in [2.24, 2.45) is 5.92 Å². The van der Waals surface area contributed by atoms with Crippen LogP contribution in [0.2, 0.25) is 0 Å². The van der Waals surface area contributed by atoms with E-state index in [0.717, 1.165) is 24.5 Å². The topological polar surface area (TPSA) is 134 Å². The number of nitrogens with zero attached hydrogens (tertiary/aromatic N) is 4. The molecule has 5 rings (SSSR count). The van der Waals surface area contributed by atoms with Crippen molar-refractivity contribution in [2.45, 2.75) is 38.1 Å². The van der Waals surface area contributed by atoms with Crippen molar-refractivity contribution in [3.8, 4) is 23.1 Å². The van der Waals surface area contributed by atoms with Crippen LogP contribution in [0.25, 0.3) is 11.3 Å². The molecule has 1 saturated heterocycles. The first kappa shape index (κ1) is 27.7. The average molecular weight is 559 g/mol. The van der Waals surface area contributed by atoms with Crippen LogP contribution in [0, 0.1) is 35.8 Å². The number of nitrogens with one attached hydrogen (secondary N) is 1. The van der Waals surface area contributed by atoms with Crippen molar-refractivity contribution in [3.05, 3.63) is 77.6 Å². The van der Waals surface area contributed by atoms with Gasteiger partial charge in [-0.2, -0.15) is 5.26 Å². The molecule has 1 aliphatic carbocycles. The third kappa shape index (κ3) is 5.72. The van der Waals surface area contributed by atoms with Gasteiger partial charge in [0, 0.05) is 17.8 Å². The van der Waals surface area contributed by atoms with Gasteiger partial charge in [-0.05, 0) is 73.6 Å². The SMILES string of the molecule is C=CC(=O)N1C[C@H](C#N)C[C@H]1COc1c(N)ncnc1-c1cc(F)cc(NC(=O)c2ccc(C3CC3)cc2F)c1C. The predicted octanol–water partition coefficient (Wildman–Crippen LogP) is 4.75. The van der Waals surface area contributed by atoms with Gasteiger partial charge >= 0.3 is 0 Å². The number of carbonyl (C=O) groups excluding carboxylic acids is 2. The van der Waals surface area contributed by atoms with E-state index in [1.54, 1.807) is 13.0 Å². The van der Waals surface area contributed by atoms with Crippen molar-refractivity contribution in [3.63, 3.8) is 0 Å². The highest BCUT2D eigenvalue weighted by molar-refractivity contribution is 6.05. The second-order valence-corrected chi connectivity index (χ2v) is 10.3. The van der Waals surface area contributed by atoms with Crippen LogP contribution >= 0.6 is 0 Å². The van der Waals surface area contributed by atoms with Crippen molar-refractivity contribution >= 4 is 23.3 Å². The van der Waals surface area contributed by atoms with E-state index in [4.69, 9.17) is 10.5 Å². The van der Waals surface area contributed by atoms with Crippen molar-refractivity contribution in [1.82, 2.24) is 14.9 Å². The van der Waals surface area contributed by atoms with Gasteiger partial charge in [0.1, 0.15) is 30.3 Å². The summed E-state index contributed by atoms with van der Waals surface area (Å²) in [5.74, 6) is -2.35. The van der Waals surface area contributed by atoms with E-state index in [-0.39, 0.29) is 59.1 Å². The van der Waals surface area contributed by atoms with Crippen molar-refractivity contribution < 1.29 is 23.1 Å². The molecule has 2 atom stereocenters. The summed E-state index contributed by atoms with van der Waals surface area (Å²) in [5, 5.41) is 12.0. The highest BCUT2D eigenvalue weighted by Gasteiger charge is 2.35. The van der Waals surface area contributed by atoms with Gasteiger partial charge in [0.25, 0.3) is 5.91 Å². The van der Waals surface area contributed by atoms with Gasteiger partial charge in [-0.25, -0.2) is 18.7 Å². The molecule has 11 heteroatoms. The number of anilines is 2. The predicted molar refractivity (Wildman–Crippen MR) is 148 cm³/mol. The second kappa shape index (κ2) is 11.3. The Balaban J connectivity index is 1.42. The summed E-state index contributed by atoms with van der Waals surface area (Å²) < 4.78 is 35.6. The van der Waals surface area contributed by atoms with E-state index in [2.05, 4.69) is 27.9 Å². The van der Waals surface area contributed by atoms with Crippen LogP contribution in [0.15, 0.2) is 49.3 Å². The summed E-state index contributed by atoms with van der Waals surface area (Å²) in [4.78, 5) is 35.1. The average Bonchev–Trinajstić information content (AvgIpc) is 3.73. The number of carbonyl (C=O) groups is 2. The standard InChI is InChI=1S/C30H28F2N6O3/c1-3-26(39)38-13-17(12-33)8-21(38)14-41-28-27(35-15-36-29(28)34)23-10-20(31)11-25(16(23)2)37-30(40)22-7-6-19(9-24(22)32)18-4-5-18/h3,6-7,9-11,15,17-18,21H,1,4-5,8,13-14H2,2H3,(H,37,40)(H2,34,35,36)/t17-,21-/m0/s1. The third-order valence-electron chi connectivity index (χ3n) is 7.47. The van der Waals surface area contributed by atoms with Crippen LogP contribution in [0.3, 0.4) is 0 Å². The number of nitrogen functional groups attached to an aromatic ring is 1. The van der Waals surface area contributed by atoms with E-state index in [1.165, 1.54) is 35.5 Å². The maximum absolute atomic E-state index is 14.9. The van der Waals surface area contributed by atoms with Crippen LogP contribution in [0.5, 0.6) is 5.75 Å². The molecular formula is C30H28F2N6O3. The number of rotatable bonds is 8.